The van der Waals surface area contributed by atoms with E-state index in [1.165, 1.54) is 12.1 Å². The van der Waals surface area contributed by atoms with E-state index in [2.05, 4.69) is 0 Å². The van der Waals surface area contributed by atoms with Gasteiger partial charge in [-0.15, -0.1) is 0 Å². The lowest BCUT2D eigenvalue weighted by Gasteiger charge is -2.14. The van der Waals surface area contributed by atoms with Crippen molar-refractivity contribution in [3.63, 3.8) is 0 Å². The third kappa shape index (κ3) is 3.96. The van der Waals surface area contributed by atoms with Gasteiger partial charge >= 0.3 is 5.97 Å². The Hall–Kier alpha value is -3.69. The summed E-state index contributed by atoms with van der Waals surface area (Å²) in [7, 11) is 0. The first-order valence-corrected chi connectivity index (χ1v) is 10.9. The van der Waals surface area contributed by atoms with Crippen molar-refractivity contribution in [1.82, 2.24) is 4.90 Å². The highest BCUT2D eigenvalue weighted by molar-refractivity contribution is 8.18. The molecule has 2 aliphatic heterocycles. The molecule has 3 aromatic rings. The second-order valence-electron chi connectivity index (χ2n) is 7.12. The molecule has 0 aliphatic carbocycles. The Labute approximate surface area is 196 Å². The van der Waals surface area contributed by atoms with E-state index in [1.807, 2.05) is 0 Å². The molecule has 1 fully saturated rings. The molecule has 1 aromatic heterocycles. The lowest BCUT2D eigenvalue weighted by atomic mass is 10.1. The van der Waals surface area contributed by atoms with Crippen molar-refractivity contribution in [2.45, 2.75) is 6.54 Å². The standard InChI is InChI=1S/C23H14ClNO7S/c24-16-9-19-18(30-11-31-19)7-12(16)10-25-21(26)20(33-23(25)29)8-13-5-6-17(32-13)14-3-1-2-4-15(14)22(27)28/h1-9H,10-11H2,(H,27,28)/b20-8-. The monoisotopic (exact) mass is 483 g/mol. The zero-order valence-electron chi connectivity index (χ0n) is 16.7. The van der Waals surface area contributed by atoms with Crippen molar-refractivity contribution in [1.29, 1.82) is 0 Å². The van der Waals surface area contributed by atoms with Crippen molar-refractivity contribution in [2.75, 3.05) is 6.79 Å². The summed E-state index contributed by atoms with van der Waals surface area (Å²) in [6.07, 6.45) is 1.46. The predicted octanol–water partition coefficient (Wildman–Crippen LogP) is 5.26. The van der Waals surface area contributed by atoms with E-state index < -0.39 is 17.1 Å². The molecule has 1 N–H and O–H groups in total. The van der Waals surface area contributed by atoms with E-state index in [1.54, 1.807) is 42.5 Å². The lowest BCUT2D eigenvalue weighted by molar-refractivity contribution is -0.123. The third-order valence-corrected chi connectivity index (χ3v) is 6.33. The topological polar surface area (TPSA) is 106 Å². The average molecular weight is 484 g/mol. The molecule has 2 aromatic carbocycles. The molecule has 8 nitrogen and oxygen atoms in total. The summed E-state index contributed by atoms with van der Waals surface area (Å²) in [5.41, 5.74) is 1.06. The number of halogens is 1. The molecular weight excluding hydrogens is 470 g/mol. The van der Waals surface area contributed by atoms with Gasteiger partial charge in [0.15, 0.2) is 11.5 Å². The number of hydrogen-bond donors (Lipinski definition) is 1. The molecule has 0 saturated carbocycles. The van der Waals surface area contributed by atoms with Crippen LogP contribution in [0.2, 0.25) is 5.02 Å². The van der Waals surface area contributed by atoms with Crippen LogP contribution in [0, 0.1) is 0 Å². The number of fused-ring (bicyclic) bond motifs is 1. The molecule has 1 saturated heterocycles. The molecule has 0 radical (unpaired) electrons. The van der Waals surface area contributed by atoms with E-state index in [9.17, 15) is 19.5 Å². The normalized spacial score (nSPS) is 16.2. The van der Waals surface area contributed by atoms with Gasteiger partial charge in [0.2, 0.25) is 6.79 Å². The molecule has 0 unspecified atom stereocenters. The van der Waals surface area contributed by atoms with E-state index in [4.69, 9.17) is 25.5 Å². The molecule has 33 heavy (non-hydrogen) atoms. The fourth-order valence-electron chi connectivity index (χ4n) is 3.48. The van der Waals surface area contributed by atoms with Gasteiger partial charge in [0.05, 0.1) is 17.0 Å². The molecule has 0 bridgehead atoms. The van der Waals surface area contributed by atoms with Crippen LogP contribution in [0.25, 0.3) is 17.4 Å². The maximum absolute atomic E-state index is 12.9. The second kappa shape index (κ2) is 8.34. The van der Waals surface area contributed by atoms with Gasteiger partial charge in [-0.3, -0.25) is 14.5 Å². The van der Waals surface area contributed by atoms with Gasteiger partial charge in [-0.2, -0.15) is 0 Å². The number of benzene rings is 2. The highest BCUT2D eigenvalue weighted by atomic mass is 35.5. The van der Waals surface area contributed by atoms with Crippen LogP contribution >= 0.6 is 23.4 Å². The summed E-state index contributed by atoms with van der Waals surface area (Å²) < 4.78 is 16.4. The number of carbonyl (C=O) groups excluding carboxylic acids is 2. The lowest BCUT2D eigenvalue weighted by Crippen LogP contribution is -2.27. The molecule has 2 amide bonds. The van der Waals surface area contributed by atoms with Crippen LogP contribution in [0.1, 0.15) is 21.7 Å². The summed E-state index contributed by atoms with van der Waals surface area (Å²) in [5, 5.41) is 9.29. The number of thioether (sulfide) groups is 1. The maximum Gasteiger partial charge on any atom is 0.336 e. The van der Waals surface area contributed by atoms with Crippen molar-refractivity contribution < 1.29 is 33.4 Å². The smallest absolute Gasteiger partial charge is 0.336 e. The SMILES string of the molecule is O=C(O)c1ccccc1-c1ccc(/C=C2\SC(=O)N(Cc3cc4c(cc3Cl)OCO4)C2=O)o1. The van der Waals surface area contributed by atoms with Crippen LogP contribution < -0.4 is 9.47 Å². The minimum Gasteiger partial charge on any atom is -0.478 e. The number of rotatable bonds is 5. The van der Waals surface area contributed by atoms with Gasteiger partial charge in [-0.05, 0) is 41.6 Å². The number of carboxylic acids is 1. The van der Waals surface area contributed by atoms with E-state index >= 15 is 0 Å². The minimum absolute atomic E-state index is 0.0210. The summed E-state index contributed by atoms with van der Waals surface area (Å²) >= 11 is 7.07. The maximum atomic E-state index is 12.9. The summed E-state index contributed by atoms with van der Waals surface area (Å²) in [4.78, 5) is 38.1. The summed E-state index contributed by atoms with van der Waals surface area (Å²) in [6, 6.07) is 12.9. The van der Waals surface area contributed by atoms with Crippen molar-refractivity contribution in [2.24, 2.45) is 0 Å². The predicted molar refractivity (Wildman–Crippen MR) is 120 cm³/mol. The number of hydrogen-bond acceptors (Lipinski definition) is 7. The number of amides is 2. The number of carbonyl (C=O) groups is 3. The first-order chi connectivity index (χ1) is 15.9. The van der Waals surface area contributed by atoms with Gasteiger partial charge in [0.25, 0.3) is 11.1 Å². The first-order valence-electron chi connectivity index (χ1n) is 9.66. The molecule has 5 rings (SSSR count). The highest BCUT2D eigenvalue weighted by Gasteiger charge is 2.36. The molecule has 166 valence electrons. The van der Waals surface area contributed by atoms with E-state index in [0.717, 1.165) is 16.7 Å². The number of ether oxygens (including phenoxy) is 2. The van der Waals surface area contributed by atoms with E-state index in [-0.39, 0.29) is 23.8 Å². The van der Waals surface area contributed by atoms with Crippen LogP contribution in [0.15, 0.2) is 57.9 Å². The van der Waals surface area contributed by atoms with Gasteiger partial charge in [0.1, 0.15) is 11.5 Å². The Bertz CT molecular complexity index is 1350. The third-order valence-electron chi connectivity index (χ3n) is 5.07. The van der Waals surface area contributed by atoms with Crippen molar-refractivity contribution >= 4 is 46.6 Å². The molecular formula is C23H14ClNO7S. The molecule has 0 spiro atoms. The van der Waals surface area contributed by atoms with Crippen LogP contribution in [0.4, 0.5) is 4.79 Å². The Morgan fingerprint density at radius 3 is 2.67 bits per heavy atom. The van der Waals surface area contributed by atoms with Crippen LogP contribution in [0.5, 0.6) is 11.5 Å². The van der Waals surface area contributed by atoms with Gasteiger partial charge in [-0.25, -0.2) is 4.79 Å². The van der Waals surface area contributed by atoms with Crippen LogP contribution in [0.3, 0.4) is 0 Å². The zero-order chi connectivity index (χ0) is 23.1. The fourth-order valence-corrected chi connectivity index (χ4v) is 4.51. The largest absolute Gasteiger partial charge is 0.478 e. The van der Waals surface area contributed by atoms with E-state index in [0.29, 0.717) is 39.2 Å². The first kappa shape index (κ1) is 21.2. The quantitative estimate of drug-likeness (QED) is 0.489. The molecule has 3 heterocycles. The van der Waals surface area contributed by atoms with Crippen LogP contribution in [-0.4, -0.2) is 33.9 Å². The average Bonchev–Trinajstić information content (AvgIpc) is 3.50. The fraction of sp³-hybridized carbons (Fsp3) is 0.0870. The highest BCUT2D eigenvalue weighted by Crippen LogP contribution is 2.39. The number of nitrogens with zero attached hydrogens (tertiary/aromatic N) is 1. The van der Waals surface area contributed by atoms with Gasteiger partial charge in [0, 0.05) is 22.7 Å². The minimum atomic E-state index is -1.08. The Kier molecular flexibility index (Phi) is 5.35. The number of aromatic carboxylic acids is 1. The second-order valence-corrected chi connectivity index (χ2v) is 8.52. The number of imide groups is 1. The Morgan fingerprint density at radius 1 is 1.12 bits per heavy atom. The zero-order valence-corrected chi connectivity index (χ0v) is 18.3. The molecule has 2 aliphatic rings. The molecule has 10 heteroatoms. The van der Waals surface area contributed by atoms with Crippen molar-refractivity contribution in [3.8, 4) is 22.8 Å². The number of furan rings is 1. The van der Waals surface area contributed by atoms with Gasteiger partial charge in [-0.1, -0.05) is 29.8 Å². The van der Waals surface area contributed by atoms with Crippen molar-refractivity contribution in [3.05, 3.63) is 75.3 Å². The Morgan fingerprint density at radius 2 is 1.88 bits per heavy atom. The van der Waals surface area contributed by atoms with Gasteiger partial charge < -0.3 is 19.0 Å². The summed E-state index contributed by atoms with van der Waals surface area (Å²) in [5.74, 6) is 0.106. The number of carboxylic acid groups (broad SMARTS) is 1. The summed E-state index contributed by atoms with van der Waals surface area (Å²) in [6.45, 7) is 0.0639. The Balaban J connectivity index is 1.38. The van der Waals surface area contributed by atoms with Crippen LogP contribution in [-0.2, 0) is 11.3 Å². The molecule has 0 atom stereocenters.